The number of carbonyl (C=O) groups is 3. The molecule has 3 amide bonds. The van der Waals surface area contributed by atoms with Crippen LogP contribution in [0.2, 0.25) is 15.2 Å². The quantitative estimate of drug-likeness (QED) is 0.427. The molecule has 3 aliphatic rings. The Kier molecular flexibility index (Phi) is 8.00. The summed E-state index contributed by atoms with van der Waals surface area (Å²) < 4.78 is 5.48. The van der Waals surface area contributed by atoms with Crippen LogP contribution in [0.5, 0.6) is 5.88 Å². The number of hydrogen-bond donors (Lipinski definition) is 0. The van der Waals surface area contributed by atoms with E-state index in [1.807, 2.05) is 22.8 Å². The average Bonchev–Trinajstić information content (AvgIpc) is 3.52. The summed E-state index contributed by atoms with van der Waals surface area (Å²) >= 11 is 18.4. The summed E-state index contributed by atoms with van der Waals surface area (Å²) in [5.41, 5.74) is 0.676. The number of ether oxygens (including phenoxy) is 1. The van der Waals surface area contributed by atoms with Gasteiger partial charge in [-0.1, -0.05) is 53.9 Å². The van der Waals surface area contributed by atoms with Gasteiger partial charge < -0.3 is 19.4 Å². The van der Waals surface area contributed by atoms with E-state index < -0.39 is 6.09 Å². The van der Waals surface area contributed by atoms with Crippen molar-refractivity contribution in [2.45, 2.75) is 44.6 Å². The van der Waals surface area contributed by atoms with Gasteiger partial charge in [-0.2, -0.15) is 0 Å². The molecule has 1 aliphatic carbocycles. The number of aromatic nitrogens is 1. The van der Waals surface area contributed by atoms with Gasteiger partial charge in [0.05, 0.1) is 16.1 Å². The lowest BCUT2D eigenvalue weighted by Gasteiger charge is -2.34. The normalized spacial score (nSPS) is 22.5. The van der Waals surface area contributed by atoms with Gasteiger partial charge in [-0.15, -0.1) is 0 Å². The topological polar surface area (TPSA) is 83.1 Å². The predicted octanol–water partition coefficient (Wildman–Crippen LogP) is 5.51. The van der Waals surface area contributed by atoms with Crippen LogP contribution in [0, 0.1) is 11.3 Å². The third-order valence-corrected chi connectivity index (χ3v) is 9.24. The molecule has 0 bridgehead atoms. The van der Waals surface area contributed by atoms with Crippen molar-refractivity contribution < 1.29 is 19.1 Å². The molecule has 1 saturated carbocycles. The van der Waals surface area contributed by atoms with Crippen LogP contribution in [0.25, 0.3) is 0 Å². The fourth-order valence-electron chi connectivity index (χ4n) is 5.54. The highest BCUT2D eigenvalue weighted by Crippen LogP contribution is 2.47. The van der Waals surface area contributed by atoms with Crippen LogP contribution in [0.1, 0.15) is 44.1 Å². The second-order valence-electron chi connectivity index (χ2n) is 11.0. The number of amides is 3. The number of likely N-dealkylation sites (N-methyl/N-ethyl adjacent to an activating group) is 1. The highest BCUT2D eigenvalue weighted by Gasteiger charge is 2.48. The van der Waals surface area contributed by atoms with Crippen molar-refractivity contribution in [2.24, 2.45) is 11.3 Å². The molecule has 2 aliphatic heterocycles. The second kappa shape index (κ2) is 11.1. The fourth-order valence-corrected chi connectivity index (χ4v) is 6.01. The van der Waals surface area contributed by atoms with Gasteiger partial charge in [0.25, 0.3) is 0 Å². The molecule has 1 aromatic carbocycles. The van der Waals surface area contributed by atoms with Crippen molar-refractivity contribution in [3.05, 3.63) is 57.2 Å². The van der Waals surface area contributed by atoms with Gasteiger partial charge in [0.15, 0.2) is 0 Å². The molecule has 0 unspecified atom stereocenters. The van der Waals surface area contributed by atoms with Gasteiger partial charge in [-0.25, -0.2) is 9.78 Å². The van der Waals surface area contributed by atoms with Crippen molar-refractivity contribution in [1.82, 2.24) is 19.7 Å². The minimum atomic E-state index is -0.602. The van der Waals surface area contributed by atoms with Crippen LogP contribution in [0.4, 0.5) is 4.79 Å². The summed E-state index contributed by atoms with van der Waals surface area (Å²) in [5.74, 6) is -0.0146. The smallest absolute Gasteiger partial charge is 0.391 e. The van der Waals surface area contributed by atoms with E-state index in [1.54, 1.807) is 37.4 Å². The Morgan fingerprint density at radius 3 is 2.36 bits per heavy atom. The first kappa shape index (κ1) is 28.0. The van der Waals surface area contributed by atoms with E-state index in [-0.39, 0.29) is 46.1 Å². The highest BCUT2D eigenvalue weighted by molar-refractivity contribution is 6.42. The number of pyridine rings is 1. The van der Waals surface area contributed by atoms with Crippen LogP contribution in [-0.4, -0.2) is 76.9 Å². The van der Waals surface area contributed by atoms with E-state index in [1.165, 1.54) is 4.90 Å². The van der Waals surface area contributed by atoms with Crippen LogP contribution in [-0.2, 0) is 9.59 Å². The van der Waals surface area contributed by atoms with Gasteiger partial charge in [-0.05, 0) is 49.4 Å². The number of halogens is 3. The largest absolute Gasteiger partial charge is 0.416 e. The lowest BCUT2D eigenvalue weighted by Crippen LogP contribution is -2.46. The Labute approximate surface area is 243 Å². The SMILES string of the molecule is CN(C(=O)Oc1cccc(Cl)n1)[C@@H]1CN(C(=O)C2CCN(C(=O)C3(C)CC3)CC2)C[C@H]1c1ccc(Cl)c(Cl)c1. The fraction of sp³-hybridized carbons (Fsp3) is 0.500. The third-order valence-electron chi connectivity index (χ3n) is 8.29. The molecular formula is C28H31Cl3N4O4. The molecule has 2 saturated heterocycles. The third kappa shape index (κ3) is 5.98. The standard InChI is InChI=1S/C28H31Cl3N4O4/c1-28(10-11-28)26(37)34-12-8-17(9-13-34)25(36)35-15-19(18-6-7-20(29)21(30)14-18)22(16-35)33(2)27(38)39-24-5-3-4-23(31)32-24/h3-7,14,17,19,22H,8-13,15-16H2,1-2H3/t19-,22+/m0/s1. The molecule has 1 aromatic heterocycles. The van der Waals surface area contributed by atoms with Crippen molar-refractivity contribution in [2.75, 3.05) is 33.2 Å². The minimum absolute atomic E-state index is 0.0468. The zero-order chi connectivity index (χ0) is 27.9. The maximum absolute atomic E-state index is 13.7. The summed E-state index contributed by atoms with van der Waals surface area (Å²) in [6.45, 7) is 3.97. The first-order chi connectivity index (χ1) is 18.6. The summed E-state index contributed by atoms with van der Waals surface area (Å²) in [6.07, 6.45) is 2.56. The summed E-state index contributed by atoms with van der Waals surface area (Å²) in [7, 11) is 1.65. The average molecular weight is 594 g/mol. The molecule has 11 heteroatoms. The molecular weight excluding hydrogens is 563 g/mol. The monoisotopic (exact) mass is 592 g/mol. The molecule has 8 nitrogen and oxygen atoms in total. The van der Waals surface area contributed by atoms with Gasteiger partial charge in [0, 0.05) is 56.5 Å². The molecule has 5 rings (SSSR count). The molecule has 3 fully saturated rings. The Balaban J connectivity index is 1.30. The number of rotatable bonds is 5. The zero-order valence-electron chi connectivity index (χ0n) is 21.9. The summed E-state index contributed by atoms with van der Waals surface area (Å²) in [6, 6.07) is 9.82. The number of hydrogen-bond acceptors (Lipinski definition) is 5. The Morgan fingerprint density at radius 1 is 1.00 bits per heavy atom. The number of carbonyl (C=O) groups excluding carboxylic acids is 3. The minimum Gasteiger partial charge on any atom is -0.391 e. The van der Waals surface area contributed by atoms with Crippen molar-refractivity contribution >= 4 is 52.7 Å². The van der Waals surface area contributed by atoms with Crippen LogP contribution in [0.15, 0.2) is 36.4 Å². The van der Waals surface area contributed by atoms with Gasteiger partial charge in [0.1, 0.15) is 5.15 Å². The number of piperidine rings is 1. The molecule has 0 N–H and O–H groups in total. The molecule has 0 spiro atoms. The van der Waals surface area contributed by atoms with Crippen molar-refractivity contribution in [3.8, 4) is 5.88 Å². The van der Waals surface area contributed by atoms with E-state index in [2.05, 4.69) is 4.98 Å². The lowest BCUT2D eigenvalue weighted by atomic mass is 9.93. The van der Waals surface area contributed by atoms with E-state index in [0.717, 1.165) is 18.4 Å². The van der Waals surface area contributed by atoms with Crippen molar-refractivity contribution in [1.29, 1.82) is 0 Å². The zero-order valence-corrected chi connectivity index (χ0v) is 24.2. The van der Waals surface area contributed by atoms with Gasteiger partial charge in [-0.3, -0.25) is 9.59 Å². The molecule has 0 radical (unpaired) electrons. The van der Waals surface area contributed by atoms with Crippen LogP contribution >= 0.6 is 34.8 Å². The second-order valence-corrected chi connectivity index (χ2v) is 12.2. The number of benzene rings is 1. The van der Waals surface area contributed by atoms with E-state index in [0.29, 0.717) is 49.1 Å². The molecule has 208 valence electrons. The maximum Gasteiger partial charge on any atom is 0.416 e. The first-order valence-corrected chi connectivity index (χ1v) is 14.3. The first-order valence-electron chi connectivity index (χ1n) is 13.2. The summed E-state index contributed by atoms with van der Waals surface area (Å²) in [4.78, 5) is 48.8. The lowest BCUT2D eigenvalue weighted by molar-refractivity contribution is -0.142. The van der Waals surface area contributed by atoms with Crippen LogP contribution < -0.4 is 4.74 Å². The highest BCUT2D eigenvalue weighted by atomic mass is 35.5. The Hall–Kier alpha value is -2.55. The Bertz CT molecular complexity index is 1280. The molecule has 2 atom stereocenters. The van der Waals surface area contributed by atoms with Gasteiger partial charge >= 0.3 is 6.09 Å². The van der Waals surface area contributed by atoms with E-state index in [9.17, 15) is 14.4 Å². The number of nitrogens with zero attached hydrogens (tertiary/aromatic N) is 4. The summed E-state index contributed by atoms with van der Waals surface area (Å²) in [5, 5.41) is 1.06. The molecule has 3 heterocycles. The molecule has 2 aromatic rings. The van der Waals surface area contributed by atoms with Crippen LogP contribution in [0.3, 0.4) is 0 Å². The van der Waals surface area contributed by atoms with E-state index in [4.69, 9.17) is 39.5 Å². The van der Waals surface area contributed by atoms with Gasteiger partial charge in [0.2, 0.25) is 17.7 Å². The maximum atomic E-state index is 13.7. The van der Waals surface area contributed by atoms with E-state index >= 15 is 0 Å². The Morgan fingerprint density at radius 2 is 1.72 bits per heavy atom. The van der Waals surface area contributed by atoms with Crippen molar-refractivity contribution in [3.63, 3.8) is 0 Å². The molecule has 39 heavy (non-hydrogen) atoms. The predicted molar refractivity (Wildman–Crippen MR) is 149 cm³/mol. The number of likely N-dealkylation sites (tertiary alicyclic amines) is 2.